The molecule has 3 aromatic rings. The van der Waals surface area contributed by atoms with Crippen LogP contribution in [-0.4, -0.2) is 49.4 Å². The zero-order valence-electron chi connectivity index (χ0n) is 20.9. The number of rotatable bonds is 14. The van der Waals surface area contributed by atoms with Crippen molar-refractivity contribution in [3.63, 3.8) is 0 Å². The SMILES string of the molecule is CCOC(CN(CCC(c1ccccc1)c1ccccc1)C(=O)C(N)Cc1ccccc1)OCC. The van der Waals surface area contributed by atoms with Gasteiger partial charge in [0.2, 0.25) is 5.91 Å². The van der Waals surface area contributed by atoms with Crippen molar-refractivity contribution in [2.75, 3.05) is 26.3 Å². The maximum Gasteiger partial charge on any atom is 0.240 e. The molecule has 0 fully saturated rings. The van der Waals surface area contributed by atoms with Gasteiger partial charge in [0, 0.05) is 25.7 Å². The van der Waals surface area contributed by atoms with E-state index in [2.05, 4.69) is 48.5 Å². The van der Waals surface area contributed by atoms with E-state index in [-0.39, 0.29) is 11.8 Å². The van der Waals surface area contributed by atoms with Gasteiger partial charge in [-0.3, -0.25) is 4.79 Å². The molecule has 1 unspecified atom stereocenters. The Morgan fingerprint density at radius 3 is 1.77 bits per heavy atom. The summed E-state index contributed by atoms with van der Waals surface area (Å²) in [5, 5.41) is 0. The smallest absolute Gasteiger partial charge is 0.240 e. The summed E-state index contributed by atoms with van der Waals surface area (Å²) in [5.74, 6) is 0.0776. The van der Waals surface area contributed by atoms with E-state index in [4.69, 9.17) is 15.2 Å². The molecule has 0 saturated carbocycles. The average molecular weight is 475 g/mol. The fourth-order valence-corrected chi connectivity index (χ4v) is 4.37. The first kappa shape index (κ1) is 26.6. The lowest BCUT2D eigenvalue weighted by atomic mass is 9.88. The molecule has 1 atom stereocenters. The summed E-state index contributed by atoms with van der Waals surface area (Å²) in [7, 11) is 0. The van der Waals surface area contributed by atoms with E-state index < -0.39 is 12.3 Å². The van der Waals surface area contributed by atoms with Gasteiger partial charge in [0.25, 0.3) is 0 Å². The van der Waals surface area contributed by atoms with Gasteiger partial charge in [0.05, 0.1) is 12.6 Å². The second-order valence-corrected chi connectivity index (χ2v) is 8.58. The molecule has 3 rings (SSSR count). The maximum atomic E-state index is 13.6. The van der Waals surface area contributed by atoms with Gasteiger partial charge in [-0.1, -0.05) is 91.0 Å². The zero-order chi connectivity index (χ0) is 24.9. The molecule has 5 nitrogen and oxygen atoms in total. The molecule has 0 aromatic heterocycles. The third kappa shape index (κ3) is 8.32. The van der Waals surface area contributed by atoms with E-state index in [9.17, 15) is 4.79 Å². The average Bonchev–Trinajstić information content (AvgIpc) is 2.90. The molecular formula is C30H38N2O3. The zero-order valence-corrected chi connectivity index (χ0v) is 20.9. The van der Waals surface area contributed by atoms with Gasteiger partial charge in [-0.25, -0.2) is 0 Å². The summed E-state index contributed by atoms with van der Waals surface area (Å²) >= 11 is 0. The number of carbonyl (C=O) groups is 1. The summed E-state index contributed by atoms with van der Waals surface area (Å²) in [4.78, 5) is 15.4. The molecule has 1 amide bonds. The van der Waals surface area contributed by atoms with Crippen LogP contribution in [0.25, 0.3) is 0 Å². The molecule has 0 aliphatic carbocycles. The molecule has 0 bridgehead atoms. The normalized spacial score (nSPS) is 12.1. The largest absolute Gasteiger partial charge is 0.351 e. The molecule has 5 heteroatoms. The van der Waals surface area contributed by atoms with Crippen molar-refractivity contribution in [3.8, 4) is 0 Å². The minimum atomic E-state index is -0.631. The van der Waals surface area contributed by atoms with Crippen LogP contribution >= 0.6 is 0 Å². The molecule has 0 aliphatic rings. The molecule has 186 valence electrons. The van der Waals surface area contributed by atoms with Gasteiger partial charge >= 0.3 is 0 Å². The van der Waals surface area contributed by atoms with Gasteiger partial charge in [-0.05, 0) is 43.4 Å². The summed E-state index contributed by atoms with van der Waals surface area (Å²) < 4.78 is 11.6. The van der Waals surface area contributed by atoms with E-state index >= 15 is 0 Å². The Labute approximate surface area is 209 Å². The Bertz CT molecular complexity index is 937. The van der Waals surface area contributed by atoms with Crippen LogP contribution in [0.2, 0.25) is 0 Å². The highest BCUT2D eigenvalue weighted by atomic mass is 16.7. The minimum absolute atomic E-state index is 0.0851. The summed E-state index contributed by atoms with van der Waals surface area (Å²) in [5.41, 5.74) is 9.93. The van der Waals surface area contributed by atoms with Crippen LogP contribution in [0, 0.1) is 0 Å². The number of benzene rings is 3. The van der Waals surface area contributed by atoms with E-state index in [1.54, 1.807) is 0 Å². The van der Waals surface area contributed by atoms with E-state index in [0.29, 0.717) is 32.7 Å². The highest BCUT2D eigenvalue weighted by Crippen LogP contribution is 2.28. The van der Waals surface area contributed by atoms with E-state index in [0.717, 1.165) is 12.0 Å². The van der Waals surface area contributed by atoms with Crippen LogP contribution < -0.4 is 5.73 Å². The van der Waals surface area contributed by atoms with Crippen molar-refractivity contribution in [2.45, 2.75) is 44.9 Å². The Kier molecular flexibility index (Phi) is 11.0. The number of nitrogens with zero attached hydrogens (tertiary/aromatic N) is 1. The van der Waals surface area contributed by atoms with Crippen LogP contribution in [0.15, 0.2) is 91.0 Å². The highest BCUT2D eigenvalue weighted by Gasteiger charge is 2.26. The molecule has 0 saturated heterocycles. The fourth-order valence-electron chi connectivity index (χ4n) is 4.37. The molecule has 35 heavy (non-hydrogen) atoms. The molecular weight excluding hydrogens is 436 g/mol. The van der Waals surface area contributed by atoms with Crippen LogP contribution in [0.1, 0.15) is 42.9 Å². The number of ether oxygens (including phenoxy) is 2. The van der Waals surface area contributed by atoms with Crippen LogP contribution in [0.5, 0.6) is 0 Å². The Morgan fingerprint density at radius 1 is 0.800 bits per heavy atom. The Balaban J connectivity index is 1.80. The summed E-state index contributed by atoms with van der Waals surface area (Å²) in [6, 6.07) is 30.1. The lowest BCUT2D eigenvalue weighted by Crippen LogP contribution is -2.49. The predicted octanol–water partition coefficient (Wildman–Crippen LogP) is 5.01. The number of hydrogen-bond acceptors (Lipinski definition) is 4. The Morgan fingerprint density at radius 2 is 1.29 bits per heavy atom. The van der Waals surface area contributed by atoms with E-state index in [1.165, 1.54) is 11.1 Å². The molecule has 0 heterocycles. The van der Waals surface area contributed by atoms with Gasteiger partial charge in [0.1, 0.15) is 0 Å². The predicted molar refractivity (Wildman–Crippen MR) is 141 cm³/mol. The first-order valence-electron chi connectivity index (χ1n) is 12.5. The number of nitrogens with two attached hydrogens (primary N) is 1. The molecule has 3 aromatic carbocycles. The molecule has 0 aliphatic heterocycles. The topological polar surface area (TPSA) is 64.8 Å². The van der Waals surface area contributed by atoms with Crippen molar-refractivity contribution in [1.82, 2.24) is 4.90 Å². The lowest BCUT2D eigenvalue weighted by molar-refractivity contribution is -0.159. The third-order valence-corrected chi connectivity index (χ3v) is 6.09. The third-order valence-electron chi connectivity index (χ3n) is 6.09. The maximum absolute atomic E-state index is 13.6. The van der Waals surface area contributed by atoms with Gasteiger partial charge in [-0.2, -0.15) is 0 Å². The number of carbonyl (C=O) groups excluding carboxylic acids is 1. The van der Waals surface area contributed by atoms with Gasteiger partial charge in [-0.15, -0.1) is 0 Å². The lowest BCUT2D eigenvalue weighted by Gasteiger charge is -2.31. The van der Waals surface area contributed by atoms with E-state index in [1.807, 2.05) is 61.2 Å². The highest BCUT2D eigenvalue weighted by molar-refractivity contribution is 5.82. The van der Waals surface area contributed by atoms with Crippen LogP contribution in [0.4, 0.5) is 0 Å². The quantitative estimate of drug-likeness (QED) is 0.334. The fraction of sp³-hybridized carbons (Fsp3) is 0.367. The van der Waals surface area contributed by atoms with Crippen molar-refractivity contribution in [2.24, 2.45) is 5.73 Å². The van der Waals surface area contributed by atoms with Gasteiger partial charge in [0.15, 0.2) is 6.29 Å². The van der Waals surface area contributed by atoms with Crippen molar-refractivity contribution in [1.29, 1.82) is 0 Å². The molecule has 0 radical (unpaired) electrons. The molecule has 2 N–H and O–H groups in total. The van der Waals surface area contributed by atoms with Crippen LogP contribution in [0.3, 0.4) is 0 Å². The van der Waals surface area contributed by atoms with Crippen molar-refractivity contribution < 1.29 is 14.3 Å². The first-order valence-corrected chi connectivity index (χ1v) is 12.5. The van der Waals surface area contributed by atoms with Crippen molar-refractivity contribution >= 4 is 5.91 Å². The monoisotopic (exact) mass is 474 g/mol. The second-order valence-electron chi connectivity index (χ2n) is 8.58. The minimum Gasteiger partial charge on any atom is -0.351 e. The van der Waals surface area contributed by atoms with Crippen molar-refractivity contribution in [3.05, 3.63) is 108 Å². The first-order chi connectivity index (χ1) is 17.1. The standard InChI is InChI=1S/C30H38N2O3/c1-3-34-29(35-4-2)23-32(30(33)28(31)22-24-14-8-5-9-15-24)21-20-27(25-16-10-6-11-17-25)26-18-12-7-13-19-26/h5-19,27-29H,3-4,20-23,31H2,1-2H3. The summed E-state index contributed by atoms with van der Waals surface area (Å²) in [6.45, 7) is 5.78. The second kappa shape index (κ2) is 14.4. The molecule has 0 spiro atoms. The number of amides is 1. The summed E-state index contributed by atoms with van der Waals surface area (Å²) in [6.07, 6.45) is 0.776. The van der Waals surface area contributed by atoms with Gasteiger partial charge < -0.3 is 20.1 Å². The van der Waals surface area contributed by atoms with Crippen LogP contribution in [-0.2, 0) is 20.7 Å². The number of hydrogen-bond donors (Lipinski definition) is 1. The Hall–Kier alpha value is -2.99.